The summed E-state index contributed by atoms with van der Waals surface area (Å²) >= 11 is 1.41. The lowest BCUT2D eigenvalue weighted by Crippen LogP contribution is -2.33. The molecule has 2 aromatic rings. The highest BCUT2D eigenvalue weighted by Gasteiger charge is 2.13. The summed E-state index contributed by atoms with van der Waals surface area (Å²) in [5.41, 5.74) is 2.19. The number of thioether (sulfide) groups is 1. The predicted octanol–water partition coefficient (Wildman–Crippen LogP) is 4.00. The summed E-state index contributed by atoms with van der Waals surface area (Å²) in [4.78, 5) is 12.2. The number of carbonyl (C=O) groups excluding carboxylic acids is 1. The Kier molecular flexibility index (Phi) is 7.50. The maximum atomic E-state index is 12.2. The molecule has 25 heavy (non-hydrogen) atoms. The van der Waals surface area contributed by atoms with Gasteiger partial charge in [-0.15, -0.1) is 10.2 Å². The molecule has 136 valence electrons. The molecule has 0 saturated carbocycles. The van der Waals surface area contributed by atoms with Gasteiger partial charge < -0.3 is 5.32 Å². The van der Waals surface area contributed by atoms with Gasteiger partial charge in [-0.3, -0.25) is 9.36 Å². The monoisotopic (exact) mass is 360 g/mol. The van der Waals surface area contributed by atoms with Gasteiger partial charge in [0.2, 0.25) is 5.91 Å². The molecule has 6 heteroatoms. The highest BCUT2D eigenvalue weighted by atomic mass is 32.2. The van der Waals surface area contributed by atoms with Crippen molar-refractivity contribution < 1.29 is 4.79 Å². The molecule has 5 nitrogen and oxygen atoms in total. The molecule has 0 aliphatic rings. The molecule has 1 aromatic heterocycles. The quantitative estimate of drug-likeness (QED) is 0.687. The van der Waals surface area contributed by atoms with Crippen LogP contribution < -0.4 is 5.32 Å². The fourth-order valence-electron chi connectivity index (χ4n) is 2.67. The van der Waals surface area contributed by atoms with Gasteiger partial charge in [0, 0.05) is 6.04 Å². The number of amides is 1. The number of hydrogen-bond donors (Lipinski definition) is 1. The van der Waals surface area contributed by atoms with E-state index in [4.69, 9.17) is 0 Å². The van der Waals surface area contributed by atoms with E-state index >= 15 is 0 Å². The number of nitrogens with zero attached hydrogens (tertiary/aromatic N) is 3. The SMILES string of the molecule is Cc1ccccc1-n1cnnc1SCC(=O)NC(C)CCCC(C)C. The van der Waals surface area contributed by atoms with Crippen molar-refractivity contribution in [2.75, 3.05) is 5.75 Å². The molecule has 0 radical (unpaired) electrons. The minimum atomic E-state index is 0.0429. The Morgan fingerprint density at radius 1 is 1.24 bits per heavy atom. The normalized spacial score (nSPS) is 12.4. The van der Waals surface area contributed by atoms with Gasteiger partial charge in [0.05, 0.1) is 11.4 Å². The van der Waals surface area contributed by atoms with Crippen molar-refractivity contribution in [1.29, 1.82) is 0 Å². The molecule has 2 rings (SSSR count). The van der Waals surface area contributed by atoms with Crippen LogP contribution in [0.4, 0.5) is 0 Å². The summed E-state index contributed by atoms with van der Waals surface area (Å²) in [6.45, 7) is 8.57. The van der Waals surface area contributed by atoms with Crippen LogP contribution in [0.15, 0.2) is 35.7 Å². The number of nitrogens with one attached hydrogen (secondary N) is 1. The molecule has 0 aliphatic heterocycles. The third-order valence-corrected chi connectivity index (χ3v) is 4.99. The summed E-state index contributed by atoms with van der Waals surface area (Å²) < 4.78 is 1.93. The molecule has 1 amide bonds. The van der Waals surface area contributed by atoms with Crippen molar-refractivity contribution in [3.8, 4) is 5.69 Å². The Bertz CT molecular complexity index is 684. The molecule has 0 bridgehead atoms. The van der Waals surface area contributed by atoms with Gasteiger partial charge in [0.25, 0.3) is 0 Å². The van der Waals surface area contributed by atoms with Crippen LogP contribution in [0.1, 0.15) is 45.6 Å². The first kappa shape index (κ1) is 19.5. The lowest BCUT2D eigenvalue weighted by atomic mass is 10.0. The molecule has 1 heterocycles. The van der Waals surface area contributed by atoms with E-state index in [-0.39, 0.29) is 11.9 Å². The van der Waals surface area contributed by atoms with Crippen molar-refractivity contribution in [3.63, 3.8) is 0 Å². The molecule has 1 N–H and O–H groups in total. The van der Waals surface area contributed by atoms with Crippen LogP contribution >= 0.6 is 11.8 Å². The smallest absolute Gasteiger partial charge is 0.230 e. The van der Waals surface area contributed by atoms with E-state index in [1.54, 1.807) is 6.33 Å². The first-order chi connectivity index (χ1) is 12.0. The van der Waals surface area contributed by atoms with Gasteiger partial charge in [0.1, 0.15) is 6.33 Å². The Morgan fingerprint density at radius 2 is 2.00 bits per heavy atom. The average Bonchev–Trinajstić information content (AvgIpc) is 3.01. The molecule has 0 spiro atoms. The third kappa shape index (κ3) is 6.20. The van der Waals surface area contributed by atoms with Crippen molar-refractivity contribution >= 4 is 17.7 Å². The molecule has 0 aliphatic carbocycles. The Balaban J connectivity index is 1.85. The topological polar surface area (TPSA) is 59.8 Å². The first-order valence-corrected chi connectivity index (χ1v) is 9.84. The van der Waals surface area contributed by atoms with Gasteiger partial charge in [-0.2, -0.15) is 0 Å². The highest BCUT2D eigenvalue weighted by Crippen LogP contribution is 2.21. The second kappa shape index (κ2) is 9.61. The van der Waals surface area contributed by atoms with Gasteiger partial charge in [-0.05, 0) is 37.8 Å². The van der Waals surface area contributed by atoms with Gasteiger partial charge in [-0.25, -0.2) is 0 Å². The van der Waals surface area contributed by atoms with E-state index in [9.17, 15) is 4.79 Å². The minimum absolute atomic E-state index is 0.0429. The summed E-state index contributed by atoms with van der Waals surface area (Å²) in [5, 5.41) is 11.9. The van der Waals surface area contributed by atoms with Crippen LogP contribution in [0.3, 0.4) is 0 Å². The minimum Gasteiger partial charge on any atom is -0.353 e. The number of benzene rings is 1. The molecule has 0 saturated heterocycles. The number of aromatic nitrogens is 3. The Labute approximate surface area is 154 Å². The van der Waals surface area contributed by atoms with Gasteiger partial charge >= 0.3 is 0 Å². The molecular weight excluding hydrogens is 332 g/mol. The third-order valence-electron chi connectivity index (χ3n) is 4.05. The van der Waals surface area contributed by atoms with Crippen LogP contribution in [-0.2, 0) is 4.79 Å². The Morgan fingerprint density at radius 3 is 2.72 bits per heavy atom. The summed E-state index contributed by atoms with van der Waals surface area (Å²) in [6, 6.07) is 8.28. The van der Waals surface area contributed by atoms with E-state index in [0.717, 1.165) is 29.2 Å². The van der Waals surface area contributed by atoms with Crippen molar-refractivity contribution in [1.82, 2.24) is 20.1 Å². The van der Waals surface area contributed by atoms with Crippen molar-refractivity contribution in [2.24, 2.45) is 5.92 Å². The molecule has 0 fully saturated rings. The van der Waals surface area contributed by atoms with E-state index < -0.39 is 0 Å². The fraction of sp³-hybridized carbons (Fsp3) is 0.526. The van der Waals surface area contributed by atoms with E-state index in [1.807, 2.05) is 22.8 Å². The number of carbonyl (C=O) groups is 1. The summed E-state index contributed by atoms with van der Waals surface area (Å²) in [5.74, 6) is 1.10. The maximum Gasteiger partial charge on any atom is 0.230 e. The lowest BCUT2D eigenvalue weighted by molar-refractivity contribution is -0.119. The van der Waals surface area contributed by atoms with Crippen LogP contribution in [0.25, 0.3) is 5.69 Å². The zero-order valence-corrected chi connectivity index (χ0v) is 16.3. The molecule has 1 atom stereocenters. The zero-order chi connectivity index (χ0) is 18.2. The van der Waals surface area contributed by atoms with Gasteiger partial charge in [-0.1, -0.05) is 56.7 Å². The molecule has 1 unspecified atom stereocenters. The number of para-hydroxylation sites is 1. The average molecular weight is 361 g/mol. The zero-order valence-electron chi connectivity index (χ0n) is 15.5. The number of rotatable bonds is 9. The highest BCUT2D eigenvalue weighted by molar-refractivity contribution is 7.99. The van der Waals surface area contributed by atoms with Crippen molar-refractivity contribution in [3.05, 3.63) is 36.2 Å². The molecule has 1 aromatic carbocycles. The maximum absolute atomic E-state index is 12.2. The molecular formula is C19H28N4OS. The van der Waals surface area contributed by atoms with Crippen LogP contribution in [0.2, 0.25) is 0 Å². The Hall–Kier alpha value is -1.82. The van der Waals surface area contributed by atoms with E-state index in [2.05, 4.69) is 49.3 Å². The second-order valence-corrected chi connectivity index (χ2v) is 7.79. The van der Waals surface area contributed by atoms with Crippen molar-refractivity contribution in [2.45, 2.75) is 58.2 Å². The number of aryl methyl sites for hydroxylation is 1. The van der Waals surface area contributed by atoms with Gasteiger partial charge in [0.15, 0.2) is 5.16 Å². The van der Waals surface area contributed by atoms with Crippen LogP contribution in [-0.4, -0.2) is 32.5 Å². The predicted molar refractivity (Wildman–Crippen MR) is 103 cm³/mol. The van der Waals surface area contributed by atoms with Crippen LogP contribution in [0, 0.1) is 12.8 Å². The standard InChI is InChI=1S/C19H28N4OS/c1-14(2)8-7-10-16(4)21-18(24)12-25-19-22-20-13-23(19)17-11-6-5-9-15(17)3/h5-6,9,11,13-14,16H,7-8,10,12H2,1-4H3,(H,21,24). The first-order valence-electron chi connectivity index (χ1n) is 8.85. The summed E-state index contributed by atoms with van der Waals surface area (Å²) in [6.07, 6.45) is 5.06. The fourth-order valence-corrected chi connectivity index (χ4v) is 3.41. The van der Waals surface area contributed by atoms with E-state index in [1.165, 1.54) is 18.2 Å². The van der Waals surface area contributed by atoms with Crippen LogP contribution in [0.5, 0.6) is 0 Å². The largest absolute Gasteiger partial charge is 0.353 e. The summed E-state index contributed by atoms with van der Waals surface area (Å²) in [7, 11) is 0. The lowest BCUT2D eigenvalue weighted by Gasteiger charge is -2.14. The number of hydrogen-bond acceptors (Lipinski definition) is 4. The van der Waals surface area contributed by atoms with E-state index in [0.29, 0.717) is 11.7 Å². The second-order valence-electron chi connectivity index (χ2n) is 6.85.